The Bertz CT molecular complexity index is 884. The second-order valence-corrected chi connectivity index (χ2v) is 6.64. The average Bonchev–Trinajstić information content (AvgIpc) is 3.01. The van der Waals surface area contributed by atoms with Gasteiger partial charge in [-0.25, -0.2) is 14.1 Å². The van der Waals surface area contributed by atoms with E-state index in [0.29, 0.717) is 18.7 Å². The number of hydrogen-bond donors (Lipinski definition) is 2. The smallest absolute Gasteiger partial charge is 0.329 e. The van der Waals surface area contributed by atoms with Crippen LogP contribution in [0.3, 0.4) is 0 Å². The number of ether oxygens (including phenoxy) is 1. The summed E-state index contributed by atoms with van der Waals surface area (Å²) < 4.78 is 18.1. The highest BCUT2D eigenvalue weighted by Crippen LogP contribution is 2.21. The third kappa shape index (κ3) is 5.10. The lowest BCUT2D eigenvalue weighted by Gasteiger charge is -2.13. The van der Waals surface area contributed by atoms with Crippen LogP contribution in [0.15, 0.2) is 48.5 Å². The number of methoxy groups -OCH3 is 1. The van der Waals surface area contributed by atoms with E-state index in [4.69, 9.17) is 4.74 Å². The minimum Gasteiger partial charge on any atom is -0.497 e. The first-order chi connectivity index (χ1) is 14.0. The molecule has 1 aliphatic rings. The zero-order chi connectivity index (χ0) is 20.8. The fourth-order valence-electron chi connectivity index (χ4n) is 3.06. The van der Waals surface area contributed by atoms with Gasteiger partial charge in [-0.1, -0.05) is 12.1 Å². The van der Waals surface area contributed by atoms with Crippen molar-refractivity contribution in [3.05, 3.63) is 59.9 Å². The van der Waals surface area contributed by atoms with Crippen molar-refractivity contribution in [3.63, 3.8) is 0 Å². The molecule has 0 aliphatic carbocycles. The van der Waals surface area contributed by atoms with Crippen LogP contribution in [0.4, 0.5) is 14.9 Å². The van der Waals surface area contributed by atoms with Crippen molar-refractivity contribution in [2.75, 3.05) is 18.6 Å². The first-order valence-electron chi connectivity index (χ1n) is 9.27. The molecule has 1 heterocycles. The molecule has 3 rings (SSSR count). The molecule has 0 saturated carbocycles. The van der Waals surface area contributed by atoms with Crippen molar-refractivity contribution in [1.29, 1.82) is 0 Å². The highest BCUT2D eigenvalue weighted by molar-refractivity contribution is 6.21. The van der Waals surface area contributed by atoms with Crippen LogP contribution in [0.2, 0.25) is 0 Å². The van der Waals surface area contributed by atoms with Crippen LogP contribution < -0.4 is 20.3 Å². The fourth-order valence-corrected chi connectivity index (χ4v) is 3.06. The van der Waals surface area contributed by atoms with Gasteiger partial charge in [-0.3, -0.25) is 9.59 Å². The largest absolute Gasteiger partial charge is 0.497 e. The Morgan fingerprint density at radius 3 is 2.48 bits per heavy atom. The summed E-state index contributed by atoms with van der Waals surface area (Å²) in [5, 5.41) is 5.38. The van der Waals surface area contributed by atoms with Crippen molar-refractivity contribution in [2.24, 2.45) is 0 Å². The first kappa shape index (κ1) is 20.3. The first-order valence-corrected chi connectivity index (χ1v) is 9.27. The molecule has 0 radical (unpaired) electrons. The van der Waals surface area contributed by atoms with Gasteiger partial charge in [0.15, 0.2) is 0 Å². The molecule has 2 N–H and O–H groups in total. The Morgan fingerprint density at radius 2 is 1.83 bits per heavy atom. The summed E-state index contributed by atoms with van der Waals surface area (Å²) in [4.78, 5) is 37.6. The van der Waals surface area contributed by atoms with E-state index in [1.807, 2.05) is 24.3 Å². The summed E-state index contributed by atoms with van der Waals surface area (Å²) >= 11 is 0. The van der Waals surface area contributed by atoms with Gasteiger partial charge in [0.25, 0.3) is 5.91 Å². The van der Waals surface area contributed by atoms with Gasteiger partial charge in [0.1, 0.15) is 17.6 Å². The van der Waals surface area contributed by atoms with E-state index in [-0.39, 0.29) is 18.7 Å². The Balaban J connectivity index is 1.44. The molecular weight excluding hydrogens is 377 g/mol. The lowest BCUT2D eigenvalue weighted by Crippen LogP contribution is -2.33. The van der Waals surface area contributed by atoms with Gasteiger partial charge in [-0.2, -0.15) is 0 Å². The van der Waals surface area contributed by atoms with Gasteiger partial charge >= 0.3 is 6.03 Å². The normalized spacial score (nSPS) is 15.9. The summed E-state index contributed by atoms with van der Waals surface area (Å²) in [5.74, 6) is -0.326. The number of carbonyl (C=O) groups is 3. The van der Waals surface area contributed by atoms with Crippen molar-refractivity contribution in [1.82, 2.24) is 10.6 Å². The quantitative estimate of drug-likeness (QED) is 0.668. The molecule has 0 spiro atoms. The van der Waals surface area contributed by atoms with Crippen LogP contribution in [-0.4, -0.2) is 37.5 Å². The van der Waals surface area contributed by atoms with Crippen LogP contribution in [0.5, 0.6) is 5.75 Å². The number of imide groups is 1. The number of amides is 4. The maximum Gasteiger partial charge on any atom is 0.329 e. The predicted molar refractivity (Wildman–Crippen MR) is 105 cm³/mol. The zero-order valence-electron chi connectivity index (χ0n) is 16.0. The Labute approximate surface area is 167 Å². The molecule has 2 aromatic carbocycles. The topological polar surface area (TPSA) is 87.7 Å². The number of nitrogens with zero attached hydrogens (tertiary/aromatic N) is 1. The Morgan fingerprint density at radius 1 is 1.14 bits per heavy atom. The lowest BCUT2D eigenvalue weighted by molar-refractivity contribution is -0.121. The summed E-state index contributed by atoms with van der Waals surface area (Å²) in [6.07, 6.45) is 0.973. The summed E-state index contributed by atoms with van der Waals surface area (Å²) in [5.41, 5.74) is 1.36. The van der Waals surface area contributed by atoms with Gasteiger partial charge in [-0.05, 0) is 54.8 Å². The molecule has 1 fully saturated rings. The number of benzene rings is 2. The van der Waals surface area contributed by atoms with Crippen LogP contribution in [0.1, 0.15) is 18.4 Å². The van der Waals surface area contributed by atoms with E-state index in [2.05, 4.69) is 10.6 Å². The van der Waals surface area contributed by atoms with Gasteiger partial charge in [0.05, 0.1) is 12.8 Å². The van der Waals surface area contributed by atoms with Crippen molar-refractivity contribution < 1.29 is 23.5 Å². The molecule has 0 bridgehead atoms. The molecule has 1 unspecified atom stereocenters. The Hall–Kier alpha value is -3.42. The van der Waals surface area contributed by atoms with E-state index < -0.39 is 23.8 Å². The summed E-state index contributed by atoms with van der Waals surface area (Å²) in [6.45, 7) is 0.470. The number of hydrogen-bond acceptors (Lipinski definition) is 4. The highest BCUT2D eigenvalue weighted by atomic mass is 19.1. The Kier molecular flexibility index (Phi) is 6.43. The fraction of sp³-hybridized carbons (Fsp3) is 0.286. The van der Waals surface area contributed by atoms with E-state index in [1.54, 1.807) is 7.11 Å². The molecule has 1 saturated heterocycles. The van der Waals surface area contributed by atoms with Crippen LogP contribution in [0, 0.1) is 5.82 Å². The van der Waals surface area contributed by atoms with Gasteiger partial charge in [0, 0.05) is 13.0 Å². The molecule has 29 heavy (non-hydrogen) atoms. The van der Waals surface area contributed by atoms with E-state index in [1.165, 1.54) is 24.3 Å². The standard InChI is InChI=1S/C21H22FN3O4/c1-29-17-8-2-14(3-9-17)12-13-23-19(26)11-10-18-20(27)25(21(28)24-18)16-6-4-15(22)5-7-16/h2-9,18H,10-13H2,1H3,(H,23,26)(H,24,28). The SMILES string of the molecule is COc1ccc(CCNC(=O)CCC2NC(=O)N(c3ccc(F)cc3)C2=O)cc1. The van der Waals surface area contributed by atoms with E-state index in [0.717, 1.165) is 16.2 Å². The number of carbonyl (C=O) groups excluding carboxylic acids is 3. The maximum atomic E-state index is 13.0. The minimum absolute atomic E-state index is 0.108. The number of nitrogens with one attached hydrogen (secondary N) is 2. The van der Waals surface area contributed by atoms with E-state index in [9.17, 15) is 18.8 Å². The second kappa shape index (κ2) is 9.18. The van der Waals surface area contributed by atoms with Crippen LogP contribution in [0.25, 0.3) is 0 Å². The van der Waals surface area contributed by atoms with E-state index >= 15 is 0 Å². The van der Waals surface area contributed by atoms with Crippen molar-refractivity contribution in [3.8, 4) is 5.75 Å². The molecule has 7 nitrogen and oxygen atoms in total. The number of urea groups is 1. The molecule has 8 heteroatoms. The van der Waals surface area contributed by atoms with Crippen LogP contribution in [-0.2, 0) is 16.0 Å². The third-order valence-electron chi connectivity index (χ3n) is 4.66. The van der Waals surface area contributed by atoms with Crippen molar-refractivity contribution >= 4 is 23.5 Å². The zero-order valence-corrected chi connectivity index (χ0v) is 16.0. The lowest BCUT2D eigenvalue weighted by atomic mass is 10.1. The molecular formula is C21H22FN3O4. The minimum atomic E-state index is -0.778. The highest BCUT2D eigenvalue weighted by Gasteiger charge is 2.38. The number of halogens is 1. The number of rotatable bonds is 8. The summed E-state index contributed by atoms with van der Waals surface area (Å²) in [7, 11) is 1.60. The molecule has 2 aromatic rings. The molecule has 0 aromatic heterocycles. The third-order valence-corrected chi connectivity index (χ3v) is 4.66. The predicted octanol–water partition coefficient (Wildman–Crippen LogP) is 2.40. The molecule has 1 aliphatic heterocycles. The molecule has 1 atom stereocenters. The summed E-state index contributed by atoms with van der Waals surface area (Å²) in [6, 6.07) is 11.3. The van der Waals surface area contributed by atoms with Gasteiger partial charge in [0.2, 0.25) is 5.91 Å². The van der Waals surface area contributed by atoms with Crippen LogP contribution >= 0.6 is 0 Å². The monoisotopic (exact) mass is 399 g/mol. The van der Waals surface area contributed by atoms with Gasteiger partial charge < -0.3 is 15.4 Å². The van der Waals surface area contributed by atoms with Crippen molar-refractivity contribution in [2.45, 2.75) is 25.3 Å². The molecule has 4 amide bonds. The second-order valence-electron chi connectivity index (χ2n) is 6.64. The average molecular weight is 399 g/mol. The van der Waals surface area contributed by atoms with Gasteiger partial charge in [-0.15, -0.1) is 0 Å². The number of anilines is 1. The molecule has 152 valence electrons. The maximum absolute atomic E-state index is 13.0.